The molecule has 3 rings (SSSR count). The number of nitrogens with one attached hydrogen (secondary N) is 1. The van der Waals surface area contributed by atoms with E-state index in [9.17, 15) is 4.79 Å². The van der Waals surface area contributed by atoms with Crippen LogP contribution in [-0.2, 0) is 6.54 Å². The van der Waals surface area contributed by atoms with Gasteiger partial charge in [0, 0.05) is 23.7 Å². The van der Waals surface area contributed by atoms with Gasteiger partial charge in [-0.15, -0.1) is 11.3 Å². The minimum absolute atomic E-state index is 0.114. The predicted octanol–water partition coefficient (Wildman–Crippen LogP) is 3.25. The molecule has 2 saturated heterocycles. The first kappa shape index (κ1) is 17.1. The molecule has 2 amide bonds. The molecule has 23 heavy (non-hydrogen) atoms. The molecule has 128 valence electrons. The Balaban J connectivity index is 1.56. The zero-order valence-corrected chi connectivity index (χ0v) is 15.3. The van der Waals surface area contributed by atoms with Crippen LogP contribution >= 0.6 is 23.1 Å². The van der Waals surface area contributed by atoms with Gasteiger partial charge in [-0.3, -0.25) is 0 Å². The smallest absolute Gasteiger partial charge is 0.318 e. The fourth-order valence-electron chi connectivity index (χ4n) is 3.36. The Labute approximate surface area is 147 Å². The van der Waals surface area contributed by atoms with E-state index in [1.54, 1.807) is 11.3 Å². The predicted molar refractivity (Wildman–Crippen MR) is 99.3 cm³/mol. The van der Waals surface area contributed by atoms with Crippen molar-refractivity contribution in [2.75, 3.05) is 37.7 Å². The molecule has 0 bridgehead atoms. The van der Waals surface area contributed by atoms with E-state index in [1.165, 1.54) is 43.0 Å². The summed E-state index contributed by atoms with van der Waals surface area (Å²) in [5, 5.41) is 5.18. The van der Waals surface area contributed by atoms with Crippen LogP contribution in [0.25, 0.3) is 0 Å². The second-order valence-electron chi connectivity index (χ2n) is 6.38. The summed E-state index contributed by atoms with van der Waals surface area (Å²) in [4.78, 5) is 18.6. The van der Waals surface area contributed by atoms with Gasteiger partial charge >= 0.3 is 6.03 Å². The molecular formula is C17H27N3OS2. The fourth-order valence-corrected chi connectivity index (χ4v) is 5.07. The third-order valence-corrected chi connectivity index (χ3v) is 6.69. The molecule has 3 heterocycles. The number of carbonyl (C=O) groups is 1. The van der Waals surface area contributed by atoms with E-state index < -0.39 is 0 Å². The van der Waals surface area contributed by atoms with Gasteiger partial charge in [-0.2, -0.15) is 11.8 Å². The van der Waals surface area contributed by atoms with Crippen LogP contribution in [0.2, 0.25) is 0 Å². The summed E-state index contributed by atoms with van der Waals surface area (Å²) in [6.07, 6.45) is 5.09. The molecule has 0 saturated carbocycles. The van der Waals surface area contributed by atoms with Crippen LogP contribution in [0.3, 0.4) is 0 Å². The second-order valence-corrected chi connectivity index (χ2v) is 8.56. The van der Waals surface area contributed by atoms with E-state index in [-0.39, 0.29) is 6.03 Å². The SMILES string of the molecule is O=C(NCc1cccs1)N1CCCSCC1CN1CCCCC1. The van der Waals surface area contributed by atoms with E-state index in [0.29, 0.717) is 12.6 Å². The number of thiophene rings is 1. The zero-order valence-electron chi connectivity index (χ0n) is 13.7. The van der Waals surface area contributed by atoms with Gasteiger partial charge in [-0.1, -0.05) is 12.5 Å². The molecule has 1 aromatic rings. The van der Waals surface area contributed by atoms with Gasteiger partial charge in [0.1, 0.15) is 0 Å². The average molecular weight is 354 g/mol. The lowest BCUT2D eigenvalue weighted by Crippen LogP contribution is -2.52. The summed E-state index contributed by atoms with van der Waals surface area (Å²) in [5.41, 5.74) is 0. The Bertz CT molecular complexity index is 474. The highest BCUT2D eigenvalue weighted by atomic mass is 32.2. The number of hydrogen-bond acceptors (Lipinski definition) is 4. The van der Waals surface area contributed by atoms with E-state index in [4.69, 9.17) is 0 Å². The molecule has 1 atom stereocenters. The number of carbonyl (C=O) groups excluding carboxylic acids is 1. The van der Waals surface area contributed by atoms with Crippen molar-refractivity contribution >= 4 is 29.1 Å². The molecule has 2 aliphatic heterocycles. The number of amides is 2. The van der Waals surface area contributed by atoms with Crippen LogP contribution in [0, 0.1) is 0 Å². The molecule has 4 nitrogen and oxygen atoms in total. The molecule has 1 aromatic heterocycles. The number of hydrogen-bond donors (Lipinski definition) is 1. The van der Waals surface area contributed by atoms with Gasteiger partial charge in [0.15, 0.2) is 0 Å². The van der Waals surface area contributed by atoms with Crippen molar-refractivity contribution in [2.45, 2.75) is 38.3 Å². The summed E-state index contributed by atoms with van der Waals surface area (Å²) >= 11 is 3.70. The highest BCUT2D eigenvalue weighted by Crippen LogP contribution is 2.19. The molecule has 0 spiro atoms. The third-order valence-electron chi connectivity index (χ3n) is 4.61. The number of rotatable bonds is 4. The van der Waals surface area contributed by atoms with Crippen molar-refractivity contribution < 1.29 is 4.79 Å². The average Bonchev–Trinajstić information content (AvgIpc) is 2.99. The van der Waals surface area contributed by atoms with Crippen molar-refractivity contribution in [3.05, 3.63) is 22.4 Å². The monoisotopic (exact) mass is 353 g/mol. The number of piperidine rings is 1. The minimum Gasteiger partial charge on any atom is -0.333 e. The lowest BCUT2D eigenvalue weighted by atomic mass is 10.1. The number of likely N-dealkylation sites (tertiary alicyclic amines) is 1. The third kappa shape index (κ3) is 5.13. The van der Waals surface area contributed by atoms with Crippen molar-refractivity contribution in [1.82, 2.24) is 15.1 Å². The van der Waals surface area contributed by atoms with Crippen LogP contribution in [0.15, 0.2) is 17.5 Å². The summed E-state index contributed by atoms with van der Waals surface area (Å²) in [6, 6.07) is 4.58. The number of thioether (sulfide) groups is 1. The van der Waals surface area contributed by atoms with Crippen molar-refractivity contribution in [1.29, 1.82) is 0 Å². The maximum atomic E-state index is 12.7. The van der Waals surface area contributed by atoms with Crippen LogP contribution < -0.4 is 5.32 Å². The van der Waals surface area contributed by atoms with Crippen LogP contribution in [0.1, 0.15) is 30.6 Å². The van der Waals surface area contributed by atoms with E-state index in [2.05, 4.69) is 26.6 Å². The quantitative estimate of drug-likeness (QED) is 0.902. The van der Waals surface area contributed by atoms with E-state index in [1.807, 2.05) is 17.8 Å². The van der Waals surface area contributed by atoms with Gasteiger partial charge in [0.25, 0.3) is 0 Å². The highest BCUT2D eigenvalue weighted by molar-refractivity contribution is 7.99. The molecule has 2 aliphatic rings. The van der Waals surface area contributed by atoms with Gasteiger partial charge in [-0.05, 0) is 49.6 Å². The Morgan fingerprint density at radius 2 is 2.09 bits per heavy atom. The fraction of sp³-hybridized carbons (Fsp3) is 0.706. The highest BCUT2D eigenvalue weighted by Gasteiger charge is 2.27. The summed E-state index contributed by atoms with van der Waals surface area (Å²) in [7, 11) is 0. The first-order valence-corrected chi connectivity index (χ1v) is 10.7. The van der Waals surface area contributed by atoms with E-state index in [0.717, 1.165) is 25.3 Å². The molecule has 2 fully saturated rings. The normalized spacial score (nSPS) is 23.5. The summed E-state index contributed by atoms with van der Waals surface area (Å²) in [6.45, 7) is 4.98. The molecule has 6 heteroatoms. The molecule has 0 aliphatic carbocycles. The van der Waals surface area contributed by atoms with Gasteiger partial charge in [0.2, 0.25) is 0 Å². The lowest BCUT2D eigenvalue weighted by Gasteiger charge is -2.35. The topological polar surface area (TPSA) is 35.6 Å². The van der Waals surface area contributed by atoms with Gasteiger partial charge in [-0.25, -0.2) is 4.79 Å². The number of nitrogens with zero attached hydrogens (tertiary/aromatic N) is 2. The van der Waals surface area contributed by atoms with Crippen LogP contribution in [-0.4, -0.2) is 59.6 Å². The van der Waals surface area contributed by atoms with Crippen molar-refractivity contribution in [2.24, 2.45) is 0 Å². The molecule has 0 aromatic carbocycles. The second kappa shape index (κ2) is 8.94. The minimum atomic E-state index is 0.114. The largest absolute Gasteiger partial charge is 0.333 e. The Morgan fingerprint density at radius 3 is 2.87 bits per heavy atom. The summed E-state index contributed by atoms with van der Waals surface area (Å²) in [5.74, 6) is 2.24. The molecular weight excluding hydrogens is 326 g/mol. The number of urea groups is 1. The maximum absolute atomic E-state index is 12.7. The van der Waals surface area contributed by atoms with Crippen LogP contribution in [0.4, 0.5) is 4.79 Å². The standard InChI is InChI=1S/C17H27N3OS2/c21-17(18-12-16-6-4-11-23-16)20-9-5-10-22-14-15(20)13-19-7-2-1-3-8-19/h4,6,11,15H,1-3,5,7-10,12-14H2,(H,18,21). The Morgan fingerprint density at radius 1 is 1.22 bits per heavy atom. The molecule has 1 unspecified atom stereocenters. The lowest BCUT2D eigenvalue weighted by molar-refractivity contribution is 0.143. The first-order valence-electron chi connectivity index (χ1n) is 8.70. The maximum Gasteiger partial charge on any atom is 0.318 e. The molecule has 0 radical (unpaired) electrons. The summed E-state index contributed by atoms with van der Waals surface area (Å²) < 4.78 is 0. The van der Waals surface area contributed by atoms with Crippen molar-refractivity contribution in [3.8, 4) is 0 Å². The molecule has 1 N–H and O–H groups in total. The Kier molecular flexibility index (Phi) is 6.66. The zero-order chi connectivity index (χ0) is 15.9. The Hall–Kier alpha value is -0.720. The van der Waals surface area contributed by atoms with Gasteiger partial charge < -0.3 is 15.1 Å². The van der Waals surface area contributed by atoms with E-state index >= 15 is 0 Å². The van der Waals surface area contributed by atoms with Crippen molar-refractivity contribution in [3.63, 3.8) is 0 Å². The first-order chi connectivity index (χ1) is 11.3. The van der Waals surface area contributed by atoms with Gasteiger partial charge in [0.05, 0.1) is 12.6 Å². The van der Waals surface area contributed by atoms with Crippen LogP contribution in [0.5, 0.6) is 0 Å².